The molecule has 0 saturated carbocycles. The lowest BCUT2D eigenvalue weighted by molar-refractivity contribution is -0.156. The van der Waals surface area contributed by atoms with E-state index < -0.39 is 17.2 Å². The van der Waals surface area contributed by atoms with E-state index in [0.29, 0.717) is 11.6 Å². The molecule has 2 amide bonds. The highest BCUT2D eigenvalue weighted by Crippen LogP contribution is 2.15. The molecule has 0 unspecified atom stereocenters. The summed E-state index contributed by atoms with van der Waals surface area (Å²) < 4.78 is 10.1. The first-order chi connectivity index (χ1) is 9.47. The summed E-state index contributed by atoms with van der Waals surface area (Å²) in [5, 5.41) is 8.89. The Morgan fingerprint density at radius 1 is 1.29 bits per heavy atom. The number of amides is 2. The Bertz CT molecular complexity index is 515. The SMILES string of the molecule is Cc1cc(NC(=O)NC(C)(C)CC(=O)OC(C)(C)C)no1. The van der Waals surface area contributed by atoms with Crippen LogP contribution in [-0.4, -0.2) is 28.3 Å². The maximum absolute atomic E-state index is 11.8. The molecular weight excluding hydrogens is 274 g/mol. The molecular formula is C14H23N3O4. The molecule has 1 aromatic rings. The van der Waals surface area contributed by atoms with Crippen molar-refractivity contribution in [2.75, 3.05) is 5.32 Å². The van der Waals surface area contributed by atoms with Crippen molar-refractivity contribution in [1.82, 2.24) is 10.5 Å². The molecule has 7 heteroatoms. The zero-order valence-electron chi connectivity index (χ0n) is 13.4. The van der Waals surface area contributed by atoms with Crippen LogP contribution in [0.4, 0.5) is 10.6 Å². The third-order valence-electron chi connectivity index (χ3n) is 2.33. The summed E-state index contributed by atoms with van der Waals surface area (Å²) in [5.74, 6) is 0.543. The number of ether oxygens (including phenoxy) is 1. The second kappa shape index (κ2) is 6.15. The van der Waals surface area contributed by atoms with Crippen molar-refractivity contribution in [1.29, 1.82) is 0 Å². The number of nitrogens with zero attached hydrogens (tertiary/aromatic N) is 1. The third-order valence-corrected chi connectivity index (χ3v) is 2.33. The Labute approximate surface area is 124 Å². The van der Waals surface area contributed by atoms with E-state index in [1.807, 2.05) is 0 Å². The molecule has 0 bridgehead atoms. The van der Waals surface area contributed by atoms with Gasteiger partial charge >= 0.3 is 12.0 Å². The molecule has 21 heavy (non-hydrogen) atoms. The first-order valence-corrected chi connectivity index (χ1v) is 6.71. The third kappa shape index (κ3) is 6.78. The van der Waals surface area contributed by atoms with Gasteiger partial charge in [0.2, 0.25) is 0 Å². The number of aryl methyl sites for hydroxylation is 1. The Morgan fingerprint density at radius 3 is 2.38 bits per heavy atom. The predicted octanol–water partition coefficient (Wildman–Crippen LogP) is 2.61. The van der Waals surface area contributed by atoms with E-state index in [1.165, 1.54) is 0 Å². The van der Waals surface area contributed by atoms with Gasteiger partial charge < -0.3 is 14.6 Å². The molecule has 1 aromatic heterocycles. The Hall–Kier alpha value is -2.05. The quantitative estimate of drug-likeness (QED) is 0.833. The van der Waals surface area contributed by atoms with E-state index in [2.05, 4.69) is 15.8 Å². The summed E-state index contributed by atoms with van der Waals surface area (Å²) in [7, 11) is 0. The molecule has 0 aliphatic heterocycles. The van der Waals surface area contributed by atoms with E-state index in [1.54, 1.807) is 47.6 Å². The second-order valence-corrected chi connectivity index (χ2v) is 6.55. The van der Waals surface area contributed by atoms with E-state index in [4.69, 9.17) is 9.26 Å². The molecule has 1 heterocycles. The highest BCUT2D eigenvalue weighted by Gasteiger charge is 2.27. The lowest BCUT2D eigenvalue weighted by atomic mass is 10.0. The summed E-state index contributed by atoms with van der Waals surface area (Å²) in [4.78, 5) is 23.6. The molecule has 0 aromatic carbocycles. The van der Waals surface area contributed by atoms with E-state index >= 15 is 0 Å². The molecule has 0 aliphatic carbocycles. The minimum Gasteiger partial charge on any atom is -0.460 e. The highest BCUT2D eigenvalue weighted by atomic mass is 16.6. The summed E-state index contributed by atoms with van der Waals surface area (Å²) in [6, 6.07) is 1.14. The number of aromatic nitrogens is 1. The van der Waals surface area contributed by atoms with E-state index in [-0.39, 0.29) is 12.4 Å². The lowest BCUT2D eigenvalue weighted by Gasteiger charge is -2.27. The van der Waals surface area contributed by atoms with E-state index in [0.717, 1.165) is 0 Å². The van der Waals surface area contributed by atoms with Gasteiger partial charge in [0, 0.05) is 11.6 Å². The Kier molecular flexibility index (Phi) is 4.98. The zero-order valence-corrected chi connectivity index (χ0v) is 13.4. The molecule has 2 N–H and O–H groups in total. The monoisotopic (exact) mass is 297 g/mol. The van der Waals surface area contributed by atoms with Crippen LogP contribution in [0.2, 0.25) is 0 Å². The molecule has 0 spiro atoms. The van der Waals surface area contributed by atoms with Gasteiger partial charge in [-0.2, -0.15) is 0 Å². The van der Waals surface area contributed by atoms with Crippen molar-refractivity contribution in [2.45, 2.75) is 59.1 Å². The van der Waals surface area contributed by atoms with Crippen LogP contribution in [0.25, 0.3) is 0 Å². The van der Waals surface area contributed by atoms with Crippen LogP contribution >= 0.6 is 0 Å². The van der Waals surface area contributed by atoms with Gasteiger partial charge in [0.15, 0.2) is 5.82 Å². The van der Waals surface area contributed by atoms with Crippen LogP contribution in [0.15, 0.2) is 10.6 Å². The number of esters is 1. The molecule has 0 fully saturated rings. The van der Waals surface area contributed by atoms with Gasteiger partial charge in [-0.1, -0.05) is 5.16 Å². The van der Waals surface area contributed by atoms with Gasteiger partial charge in [-0.15, -0.1) is 0 Å². The number of urea groups is 1. The van der Waals surface area contributed by atoms with Gasteiger partial charge in [-0.3, -0.25) is 10.1 Å². The van der Waals surface area contributed by atoms with Gasteiger partial charge in [-0.25, -0.2) is 4.79 Å². The molecule has 0 aliphatic rings. The minimum atomic E-state index is -0.745. The van der Waals surface area contributed by atoms with Gasteiger partial charge in [0.05, 0.1) is 6.42 Å². The van der Waals surface area contributed by atoms with Crippen molar-refractivity contribution in [3.8, 4) is 0 Å². The van der Waals surface area contributed by atoms with Crippen molar-refractivity contribution >= 4 is 17.8 Å². The summed E-state index contributed by atoms with van der Waals surface area (Å²) in [5.41, 5.74) is -1.29. The predicted molar refractivity (Wildman–Crippen MR) is 77.9 cm³/mol. The number of rotatable bonds is 4. The number of nitrogens with one attached hydrogen (secondary N) is 2. The van der Waals surface area contributed by atoms with Crippen molar-refractivity contribution in [2.24, 2.45) is 0 Å². The maximum Gasteiger partial charge on any atom is 0.320 e. The molecule has 0 atom stereocenters. The molecule has 118 valence electrons. The number of carbonyl (C=O) groups excluding carboxylic acids is 2. The second-order valence-electron chi connectivity index (χ2n) is 6.55. The number of anilines is 1. The van der Waals surface area contributed by atoms with Crippen molar-refractivity contribution in [3.63, 3.8) is 0 Å². The van der Waals surface area contributed by atoms with E-state index in [9.17, 15) is 9.59 Å². The van der Waals surface area contributed by atoms with Crippen molar-refractivity contribution < 1.29 is 18.8 Å². The smallest absolute Gasteiger partial charge is 0.320 e. The number of carbonyl (C=O) groups is 2. The largest absolute Gasteiger partial charge is 0.460 e. The zero-order chi connectivity index (χ0) is 16.3. The average molecular weight is 297 g/mol. The number of hydrogen-bond donors (Lipinski definition) is 2. The van der Waals surface area contributed by atoms with Crippen LogP contribution in [-0.2, 0) is 9.53 Å². The standard InChI is InChI=1S/C14H23N3O4/c1-9-7-10(17-21-9)15-12(19)16-14(5,6)8-11(18)20-13(2,3)4/h7H,8H2,1-6H3,(H2,15,16,17,19). The topological polar surface area (TPSA) is 93.5 Å². The van der Waals surface area contributed by atoms with Crippen LogP contribution in [0, 0.1) is 6.92 Å². The fraction of sp³-hybridized carbons (Fsp3) is 0.643. The first kappa shape index (κ1) is 17.0. The first-order valence-electron chi connectivity index (χ1n) is 6.71. The normalized spacial score (nSPS) is 11.9. The molecule has 0 saturated heterocycles. The van der Waals surface area contributed by atoms with Crippen LogP contribution in [0.1, 0.15) is 46.8 Å². The van der Waals surface area contributed by atoms with Gasteiger partial charge in [0.1, 0.15) is 11.4 Å². The fourth-order valence-electron chi connectivity index (χ4n) is 1.66. The highest BCUT2D eigenvalue weighted by molar-refractivity contribution is 5.89. The summed E-state index contributed by atoms with van der Waals surface area (Å²) >= 11 is 0. The van der Waals surface area contributed by atoms with Crippen molar-refractivity contribution in [3.05, 3.63) is 11.8 Å². The molecule has 0 radical (unpaired) electrons. The Morgan fingerprint density at radius 2 is 1.90 bits per heavy atom. The average Bonchev–Trinajstić information content (AvgIpc) is 2.57. The minimum absolute atomic E-state index is 0.0650. The molecule has 1 rings (SSSR count). The molecule has 7 nitrogen and oxygen atoms in total. The number of hydrogen-bond acceptors (Lipinski definition) is 5. The van der Waals surface area contributed by atoms with Crippen LogP contribution in [0.3, 0.4) is 0 Å². The lowest BCUT2D eigenvalue weighted by Crippen LogP contribution is -2.47. The summed E-state index contributed by atoms with van der Waals surface area (Å²) in [6.07, 6.45) is 0.0650. The van der Waals surface area contributed by atoms with Gasteiger partial charge in [0.25, 0.3) is 0 Å². The Balaban J connectivity index is 2.51. The summed E-state index contributed by atoms with van der Waals surface area (Å²) in [6.45, 7) is 10.6. The van der Waals surface area contributed by atoms with Crippen LogP contribution < -0.4 is 10.6 Å². The van der Waals surface area contributed by atoms with Gasteiger partial charge in [-0.05, 0) is 41.5 Å². The fourth-order valence-corrected chi connectivity index (χ4v) is 1.66. The maximum atomic E-state index is 11.8. The van der Waals surface area contributed by atoms with Crippen LogP contribution in [0.5, 0.6) is 0 Å².